The minimum absolute atomic E-state index is 0.190. The van der Waals surface area contributed by atoms with Crippen LogP contribution in [0.25, 0.3) is 6.08 Å². The average Bonchev–Trinajstić information content (AvgIpc) is 2.65. The third-order valence-corrected chi connectivity index (χ3v) is 1.82. The molecule has 1 aliphatic rings. The second kappa shape index (κ2) is 2.85. The zero-order chi connectivity index (χ0) is 8.39. The molecule has 2 rings (SSSR count). The van der Waals surface area contributed by atoms with Gasteiger partial charge < -0.3 is 9.72 Å². The first-order valence-corrected chi connectivity index (χ1v) is 3.87. The van der Waals surface area contributed by atoms with Crippen LogP contribution in [0.3, 0.4) is 0 Å². The van der Waals surface area contributed by atoms with Gasteiger partial charge in [-0.3, -0.25) is 0 Å². The fourth-order valence-corrected chi connectivity index (χ4v) is 1.20. The molecule has 1 aromatic heterocycles. The van der Waals surface area contributed by atoms with Crippen molar-refractivity contribution < 1.29 is 9.53 Å². The first-order valence-electron chi connectivity index (χ1n) is 3.87. The first-order chi connectivity index (χ1) is 5.86. The number of esters is 1. The quantitative estimate of drug-likeness (QED) is 0.501. The molecule has 0 spiro atoms. The maximum Gasteiger partial charge on any atom is 0.334 e. The van der Waals surface area contributed by atoms with Crippen LogP contribution < -0.4 is 0 Å². The molecule has 0 unspecified atom stereocenters. The maximum absolute atomic E-state index is 11.0. The summed E-state index contributed by atoms with van der Waals surface area (Å²) in [6.07, 6.45) is 4.37. The van der Waals surface area contributed by atoms with Gasteiger partial charge in [0.1, 0.15) is 0 Å². The van der Waals surface area contributed by atoms with Crippen molar-refractivity contribution in [2.75, 3.05) is 6.61 Å². The normalized spacial score (nSPS) is 20.0. The third kappa shape index (κ3) is 1.25. The number of nitrogens with one attached hydrogen (secondary N) is 1. The number of aromatic nitrogens is 1. The molecule has 12 heavy (non-hydrogen) atoms. The lowest BCUT2D eigenvalue weighted by Gasteiger charge is -1.89. The van der Waals surface area contributed by atoms with Gasteiger partial charge in [-0.15, -0.1) is 0 Å². The summed E-state index contributed by atoms with van der Waals surface area (Å²) in [6.45, 7) is 0.519. The predicted molar refractivity (Wildman–Crippen MR) is 44.3 cm³/mol. The lowest BCUT2D eigenvalue weighted by molar-refractivity contribution is -0.134. The van der Waals surface area contributed by atoms with E-state index in [1.54, 1.807) is 0 Å². The van der Waals surface area contributed by atoms with Gasteiger partial charge in [0.25, 0.3) is 0 Å². The number of cyclic esters (lactones) is 1. The van der Waals surface area contributed by atoms with Crippen molar-refractivity contribution in [1.29, 1.82) is 0 Å². The van der Waals surface area contributed by atoms with Crippen molar-refractivity contribution in [2.24, 2.45) is 0 Å². The Morgan fingerprint density at radius 1 is 1.58 bits per heavy atom. The second-order valence-electron chi connectivity index (χ2n) is 2.68. The molecule has 1 N–H and O–H groups in total. The minimum Gasteiger partial charge on any atom is -0.462 e. The van der Waals surface area contributed by atoms with Gasteiger partial charge in [0, 0.05) is 23.9 Å². The van der Waals surface area contributed by atoms with Gasteiger partial charge in [0.05, 0.1) is 6.61 Å². The van der Waals surface area contributed by atoms with E-state index in [9.17, 15) is 4.79 Å². The highest BCUT2D eigenvalue weighted by Gasteiger charge is 2.18. The smallest absolute Gasteiger partial charge is 0.334 e. The third-order valence-electron chi connectivity index (χ3n) is 1.82. The average molecular weight is 163 g/mol. The van der Waals surface area contributed by atoms with Crippen LogP contribution in [-0.4, -0.2) is 17.6 Å². The SMILES string of the molecule is O=C1OCCC1=Cc1ccc[nH]1. The lowest BCUT2D eigenvalue weighted by Crippen LogP contribution is -1.94. The lowest BCUT2D eigenvalue weighted by atomic mass is 10.2. The molecule has 0 amide bonds. The molecule has 1 aliphatic heterocycles. The van der Waals surface area contributed by atoms with E-state index in [1.807, 2.05) is 24.4 Å². The van der Waals surface area contributed by atoms with E-state index in [0.717, 1.165) is 17.7 Å². The van der Waals surface area contributed by atoms with E-state index < -0.39 is 0 Å². The second-order valence-corrected chi connectivity index (χ2v) is 2.68. The Labute approximate surface area is 70.0 Å². The fraction of sp³-hybridized carbons (Fsp3) is 0.222. The summed E-state index contributed by atoms with van der Waals surface area (Å²) in [5, 5.41) is 0. The highest BCUT2D eigenvalue weighted by molar-refractivity contribution is 5.94. The largest absolute Gasteiger partial charge is 0.462 e. The van der Waals surface area contributed by atoms with Gasteiger partial charge in [-0.25, -0.2) is 4.79 Å². The molecule has 0 radical (unpaired) electrons. The Morgan fingerprint density at radius 2 is 2.50 bits per heavy atom. The molecule has 0 atom stereocenters. The highest BCUT2D eigenvalue weighted by Crippen LogP contribution is 2.15. The summed E-state index contributed by atoms with van der Waals surface area (Å²) in [4.78, 5) is 14.0. The molecule has 0 bridgehead atoms. The number of hydrogen-bond donors (Lipinski definition) is 1. The molecule has 3 heteroatoms. The van der Waals surface area contributed by atoms with Crippen LogP contribution in [0.5, 0.6) is 0 Å². The summed E-state index contributed by atoms with van der Waals surface area (Å²) in [5.74, 6) is -0.190. The Balaban J connectivity index is 2.23. The van der Waals surface area contributed by atoms with Gasteiger partial charge in [-0.1, -0.05) is 0 Å². The molecular formula is C9H9NO2. The summed E-state index contributed by atoms with van der Waals surface area (Å²) in [6, 6.07) is 3.81. The van der Waals surface area contributed by atoms with Gasteiger partial charge in [0.2, 0.25) is 0 Å². The van der Waals surface area contributed by atoms with Crippen molar-refractivity contribution in [3.8, 4) is 0 Å². The molecule has 0 aromatic carbocycles. The molecular weight excluding hydrogens is 154 g/mol. The Hall–Kier alpha value is -1.51. The van der Waals surface area contributed by atoms with E-state index in [4.69, 9.17) is 4.74 Å². The molecule has 3 nitrogen and oxygen atoms in total. The highest BCUT2D eigenvalue weighted by atomic mass is 16.5. The monoisotopic (exact) mass is 163 g/mol. The zero-order valence-corrected chi connectivity index (χ0v) is 6.54. The van der Waals surface area contributed by atoms with E-state index >= 15 is 0 Å². The fourth-order valence-electron chi connectivity index (χ4n) is 1.20. The minimum atomic E-state index is -0.190. The summed E-state index contributed by atoms with van der Waals surface area (Å²) < 4.78 is 4.79. The summed E-state index contributed by atoms with van der Waals surface area (Å²) >= 11 is 0. The molecule has 1 fully saturated rings. The number of H-pyrrole nitrogens is 1. The summed E-state index contributed by atoms with van der Waals surface area (Å²) in [5.41, 5.74) is 1.70. The topological polar surface area (TPSA) is 42.1 Å². The molecule has 1 aromatic rings. The van der Waals surface area contributed by atoms with Crippen molar-refractivity contribution in [1.82, 2.24) is 4.98 Å². The van der Waals surface area contributed by atoms with E-state index in [0.29, 0.717) is 6.61 Å². The standard InChI is InChI=1S/C9H9NO2/c11-9-7(3-5-12-9)6-8-2-1-4-10-8/h1-2,4,6,10H,3,5H2. The van der Waals surface area contributed by atoms with Gasteiger partial charge >= 0.3 is 5.97 Å². The maximum atomic E-state index is 11.0. The zero-order valence-electron chi connectivity index (χ0n) is 6.54. The van der Waals surface area contributed by atoms with Crippen LogP contribution in [0.1, 0.15) is 12.1 Å². The Morgan fingerprint density at radius 3 is 3.08 bits per heavy atom. The molecule has 0 aliphatic carbocycles. The van der Waals surface area contributed by atoms with Crippen LogP contribution in [0.4, 0.5) is 0 Å². The van der Waals surface area contributed by atoms with Gasteiger partial charge in [0.15, 0.2) is 0 Å². The van der Waals surface area contributed by atoms with E-state index in [2.05, 4.69) is 4.98 Å². The van der Waals surface area contributed by atoms with E-state index in [1.165, 1.54) is 0 Å². The number of carbonyl (C=O) groups is 1. The van der Waals surface area contributed by atoms with Gasteiger partial charge in [-0.2, -0.15) is 0 Å². The van der Waals surface area contributed by atoms with Crippen LogP contribution >= 0.6 is 0 Å². The molecule has 62 valence electrons. The number of carbonyl (C=O) groups excluding carboxylic acids is 1. The van der Waals surface area contributed by atoms with Crippen molar-refractivity contribution in [3.63, 3.8) is 0 Å². The van der Waals surface area contributed by atoms with Crippen molar-refractivity contribution in [3.05, 3.63) is 29.6 Å². The van der Waals surface area contributed by atoms with Crippen molar-refractivity contribution in [2.45, 2.75) is 6.42 Å². The molecule has 2 heterocycles. The Bertz CT molecular complexity index is 311. The number of hydrogen-bond acceptors (Lipinski definition) is 2. The predicted octanol–water partition coefficient (Wildman–Crippen LogP) is 1.34. The number of ether oxygens (including phenoxy) is 1. The first kappa shape index (κ1) is 7.16. The molecule has 0 saturated carbocycles. The number of rotatable bonds is 1. The number of aromatic amines is 1. The van der Waals surface area contributed by atoms with Crippen LogP contribution in [0.2, 0.25) is 0 Å². The molecule has 1 saturated heterocycles. The van der Waals surface area contributed by atoms with Crippen LogP contribution in [0.15, 0.2) is 23.9 Å². The van der Waals surface area contributed by atoms with Gasteiger partial charge in [-0.05, 0) is 18.2 Å². The van der Waals surface area contributed by atoms with Crippen LogP contribution in [-0.2, 0) is 9.53 Å². The van der Waals surface area contributed by atoms with Crippen LogP contribution in [0, 0.1) is 0 Å². The summed E-state index contributed by atoms with van der Waals surface area (Å²) in [7, 11) is 0. The Kier molecular flexibility index (Phi) is 1.70. The van der Waals surface area contributed by atoms with Crippen molar-refractivity contribution >= 4 is 12.0 Å². The van der Waals surface area contributed by atoms with E-state index in [-0.39, 0.29) is 5.97 Å².